The van der Waals surface area contributed by atoms with Gasteiger partial charge in [-0.25, -0.2) is 4.39 Å². The second-order valence-corrected chi connectivity index (χ2v) is 6.52. The minimum absolute atomic E-state index is 0.222. The number of benzene rings is 4. The van der Waals surface area contributed by atoms with Crippen LogP contribution in [0.1, 0.15) is 0 Å². The maximum Gasteiger partial charge on any atom is 0.123 e. The molecular formula is C25H20FNO. The lowest BCUT2D eigenvalue weighted by Gasteiger charge is -2.09. The molecule has 3 heteroatoms. The second-order valence-electron chi connectivity index (χ2n) is 6.52. The Morgan fingerprint density at radius 2 is 0.893 bits per heavy atom. The van der Waals surface area contributed by atoms with Crippen LogP contribution in [-0.4, -0.2) is 7.11 Å². The summed E-state index contributed by atoms with van der Waals surface area (Å²) < 4.78 is 18.3. The molecule has 0 fully saturated rings. The number of hydrogen-bond acceptors (Lipinski definition) is 2. The first-order valence-corrected chi connectivity index (χ1v) is 9.09. The minimum atomic E-state index is -0.222. The molecule has 4 aromatic rings. The molecule has 0 aromatic heterocycles. The van der Waals surface area contributed by atoms with E-state index in [1.165, 1.54) is 12.1 Å². The molecule has 0 aliphatic heterocycles. The van der Waals surface area contributed by atoms with Gasteiger partial charge >= 0.3 is 0 Å². The van der Waals surface area contributed by atoms with Crippen LogP contribution in [0.4, 0.5) is 15.8 Å². The highest BCUT2D eigenvalue weighted by Crippen LogP contribution is 2.26. The van der Waals surface area contributed by atoms with Gasteiger partial charge in [-0.3, -0.25) is 0 Å². The summed E-state index contributed by atoms with van der Waals surface area (Å²) in [4.78, 5) is 0. The number of hydrogen-bond donors (Lipinski definition) is 1. The Hall–Kier alpha value is -3.59. The Bertz CT molecular complexity index is 1040. The largest absolute Gasteiger partial charge is 0.497 e. The molecule has 0 unspecified atom stereocenters. The maximum atomic E-state index is 13.1. The molecule has 4 aromatic carbocycles. The Morgan fingerprint density at radius 1 is 0.536 bits per heavy atom. The summed E-state index contributed by atoms with van der Waals surface area (Å²) in [5.74, 6) is 0.631. The molecule has 28 heavy (non-hydrogen) atoms. The van der Waals surface area contributed by atoms with Crippen LogP contribution in [0.5, 0.6) is 5.75 Å². The molecule has 0 heterocycles. The van der Waals surface area contributed by atoms with E-state index in [2.05, 4.69) is 41.7 Å². The van der Waals surface area contributed by atoms with Crippen LogP contribution in [0.25, 0.3) is 22.3 Å². The van der Waals surface area contributed by atoms with Gasteiger partial charge in [0, 0.05) is 11.4 Å². The number of nitrogens with one attached hydrogen (secondary N) is 1. The van der Waals surface area contributed by atoms with Crippen molar-refractivity contribution >= 4 is 11.4 Å². The van der Waals surface area contributed by atoms with E-state index in [1.54, 1.807) is 19.2 Å². The van der Waals surface area contributed by atoms with Gasteiger partial charge in [-0.05, 0) is 70.8 Å². The summed E-state index contributed by atoms with van der Waals surface area (Å²) >= 11 is 0. The van der Waals surface area contributed by atoms with Gasteiger partial charge in [0.25, 0.3) is 0 Å². The average molecular weight is 369 g/mol. The van der Waals surface area contributed by atoms with Gasteiger partial charge in [-0.1, -0.05) is 48.5 Å². The molecule has 0 amide bonds. The lowest BCUT2D eigenvalue weighted by atomic mass is 10.0. The molecular weight excluding hydrogens is 349 g/mol. The second kappa shape index (κ2) is 7.97. The van der Waals surface area contributed by atoms with Crippen molar-refractivity contribution in [1.82, 2.24) is 0 Å². The molecule has 0 saturated heterocycles. The van der Waals surface area contributed by atoms with Crippen molar-refractivity contribution in [3.05, 3.63) is 103 Å². The van der Waals surface area contributed by atoms with E-state index in [4.69, 9.17) is 4.74 Å². The topological polar surface area (TPSA) is 21.3 Å². The molecule has 2 nitrogen and oxygen atoms in total. The van der Waals surface area contributed by atoms with E-state index in [0.29, 0.717) is 0 Å². The minimum Gasteiger partial charge on any atom is -0.497 e. The van der Waals surface area contributed by atoms with E-state index in [-0.39, 0.29) is 5.82 Å². The predicted molar refractivity (Wildman–Crippen MR) is 114 cm³/mol. The van der Waals surface area contributed by atoms with Gasteiger partial charge in [0.05, 0.1) is 7.11 Å². The Kier molecular flexibility index (Phi) is 5.07. The van der Waals surface area contributed by atoms with E-state index in [0.717, 1.165) is 39.4 Å². The van der Waals surface area contributed by atoms with Crippen molar-refractivity contribution in [2.75, 3.05) is 12.4 Å². The molecule has 0 saturated carbocycles. The fourth-order valence-electron chi connectivity index (χ4n) is 3.08. The zero-order valence-electron chi connectivity index (χ0n) is 15.5. The monoisotopic (exact) mass is 369 g/mol. The van der Waals surface area contributed by atoms with Crippen LogP contribution in [0.15, 0.2) is 97.1 Å². The van der Waals surface area contributed by atoms with Gasteiger partial charge in [-0.15, -0.1) is 0 Å². The lowest BCUT2D eigenvalue weighted by Crippen LogP contribution is -1.90. The zero-order valence-corrected chi connectivity index (χ0v) is 15.5. The third kappa shape index (κ3) is 4.04. The van der Waals surface area contributed by atoms with Crippen LogP contribution in [0.2, 0.25) is 0 Å². The van der Waals surface area contributed by atoms with Crippen molar-refractivity contribution in [3.63, 3.8) is 0 Å². The summed E-state index contributed by atoms with van der Waals surface area (Å²) in [7, 11) is 1.67. The van der Waals surface area contributed by atoms with E-state index in [1.807, 2.05) is 36.4 Å². The molecule has 1 N–H and O–H groups in total. The summed E-state index contributed by atoms with van der Waals surface area (Å²) in [6, 6.07) is 31.0. The summed E-state index contributed by atoms with van der Waals surface area (Å²) in [5, 5.41) is 3.41. The normalized spacial score (nSPS) is 10.5. The third-order valence-electron chi connectivity index (χ3n) is 4.66. The molecule has 0 bridgehead atoms. The van der Waals surface area contributed by atoms with Crippen molar-refractivity contribution in [2.45, 2.75) is 0 Å². The van der Waals surface area contributed by atoms with Gasteiger partial charge in [-0.2, -0.15) is 0 Å². The van der Waals surface area contributed by atoms with Crippen molar-refractivity contribution in [1.29, 1.82) is 0 Å². The zero-order chi connectivity index (χ0) is 19.3. The number of methoxy groups -OCH3 is 1. The third-order valence-corrected chi connectivity index (χ3v) is 4.66. The van der Waals surface area contributed by atoms with Gasteiger partial charge in [0.1, 0.15) is 11.6 Å². The highest BCUT2D eigenvalue weighted by Gasteiger charge is 2.02. The molecule has 0 aliphatic carbocycles. The first-order chi connectivity index (χ1) is 13.7. The standard InChI is InChI=1S/C25H20FNO/c1-28-25-16-8-21(9-17-25)20-6-14-24(15-7-20)27-23-12-4-19(5-13-23)18-2-10-22(26)11-3-18/h2-17,27H,1H3. The first-order valence-electron chi connectivity index (χ1n) is 9.09. The lowest BCUT2D eigenvalue weighted by molar-refractivity contribution is 0.415. The van der Waals surface area contributed by atoms with Crippen LogP contribution in [-0.2, 0) is 0 Å². The molecule has 0 spiro atoms. The first kappa shape index (κ1) is 17.8. The number of halogens is 1. The van der Waals surface area contributed by atoms with Crippen molar-refractivity contribution < 1.29 is 9.13 Å². The summed E-state index contributed by atoms with van der Waals surface area (Å²) in [6.45, 7) is 0. The van der Waals surface area contributed by atoms with Crippen LogP contribution in [0, 0.1) is 5.82 Å². The predicted octanol–water partition coefficient (Wildman–Crippen LogP) is 6.91. The number of rotatable bonds is 5. The maximum absolute atomic E-state index is 13.1. The molecule has 0 aliphatic rings. The van der Waals surface area contributed by atoms with Crippen molar-refractivity contribution in [3.8, 4) is 28.0 Å². The molecule has 0 atom stereocenters. The van der Waals surface area contributed by atoms with Crippen LogP contribution >= 0.6 is 0 Å². The highest BCUT2D eigenvalue weighted by molar-refractivity contribution is 5.71. The van der Waals surface area contributed by atoms with Crippen molar-refractivity contribution in [2.24, 2.45) is 0 Å². The molecule has 4 rings (SSSR count). The van der Waals surface area contributed by atoms with Crippen LogP contribution in [0.3, 0.4) is 0 Å². The van der Waals surface area contributed by atoms with E-state index < -0.39 is 0 Å². The summed E-state index contributed by atoms with van der Waals surface area (Å²) in [5.41, 5.74) is 6.38. The number of anilines is 2. The molecule has 0 radical (unpaired) electrons. The van der Waals surface area contributed by atoms with E-state index in [9.17, 15) is 4.39 Å². The average Bonchev–Trinajstić information content (AvgIpc) is 2.76. The van der Waals surface area contributed by atoms with Gasteiger partial charge in [0.15, 0.2) is 0 Å². The van der Waals surface area contributed by atoms with Crippen LogP contribution < -0.4 is 10.1 Å². The van der Waals surface area contributed by atoms with Gasteiger partial charge in [0.2, 0.25) is 0 Å². The summed E-state index contributed by atoms with van der Waals surface area (Å²) in [6.07, 6.45) is 0. The smallest absolute Gasteiger partial charge is 0.123 e. The van der Waals surface area contributed by atoms with Gasteiger partial charge < -0.3 is 10.1 Å². The quantitative estimate of drug-likeness (QED) is 0.412. The number of ether oxygens (including phenoxy) is 1. The Morgan fingerprint density at radius 3 is 1.29 bits per heavy atom. The Labute approximate surface area is 164 Å². The highest BCUT2D eigenvalue weighted by atomic mass is 19.1. The Balaban J connectivity index is 1.46. The molecule has 138 valence electrons. The van der Waals surface area contributed by atoms with E-state index >= 15 is 0 Å². The fraction of sp³-hybridized carbons (Fsp3) is 0.0400. The SMILES string of the molecule is COc1ccc(-c2ccc(Nc3ccc(-c4ccc(F)cc4)cc3)cc2)cc1. The fourth-order valence-corrected chi connectivity index (χ4v) is 3.08.